The van der Waals surface area contributed by atoms with Crippen molar-refractivity contribution in [2.24, 2.45) is 0 Å². The summed E-state index contributed by atoms with van der Waals surface area (Å²) in [6.07, 6.45) is 6.23. The van der Waals surface area contributed by atoms with Gasteiger partial charge in [-0.05, 0) is 33.6 Å². The summed E-state index contributed by atoms with van der Waals surface area (Å²) in [5, 5.41) is 21.7. The minimum Gasteiger partial charge on any atom is -0.389 e. The topological polar surface area (TPSA) is 185 Å². The molecule has 0 radical (unpaired) electrons. The van der Waals surface area contributed by atoms with Crippen LogP contribution in [0.4, 0.5) is 5.82 Å². The molecule has 0 spiro atoms. The van der Waals surface area contributed by atoms with E-state index in [9.17, 15) is 18.3 Å². The van der Waals surface area contributed by atoms with Gasteiger partial charge in [0, 0.05) is 24.5 Å². The first-order valence-corrected chi connectivity index (χ1v) is 13.8. The molecule has 0 bridgehead atoms. The number of nitrogen functional groups attached to an aromatic ring is 1. The van der Waals surface area contributed by atoms with E-state index in [-0.39, 0.29) is 47.6 Å². The number of aromatic nitrogens is 7. The van der Waals surface area contributed by atoms with E-state index in [1.54, 1.807) is 17.3 Å². The molecule has 4 aromatic heterocycles. The molecule has 0 saturated heterocycles. The summed E-state index contributed by atoms with van der Waals surface area (Å²) in [4.78, 5) is 26.8. The number of aliphatic hydroxyl groups excluding tert-OH is 1. The van der Waals surface area contributed by atoms with E-state index in [0.717, 1.165) is 11.1 Å². The van der Waals surface area contributed by atoms with Gasteiger partial charge < -0.3 is 20.7 Å². The summed E-state index contributed by atoms with van der Waals surface area (Å²) in [6, 6.07) is -0.409. The SMILES string of the molecule is CC(C)N(C(=O)c1nnc[nH]1)[C@H](C)CCc1nc2c(-c3cnc(CO)s3)cnn2c(N)c1S(C)(=O)=O. The van der Waals surface area contributed by atoms with Crippen LogP contribution in [0.1, 0.15) is 48.5 Å². The Morgan fingerprint density at radius 3 is 2.64 bits per heavy atom. The molecule has 4 rings (SSSR count). The van der Waals surface area contributed by atoms with Crippen LogP contribution in [0.3, 0.4) is 0 Å². The van der Waals surface area contributed by atoms with Gasteiger partial charge in [-0.1, -0.05) is 0 Å². The van der Waals surface area contributed by atoms with Crippen molar-refractivity contribution in [3.05, 3.63) is 35.2 Å². The van der Waals surface area contributed by atoms with Crippen LogP contribution < -0.4 is 5.73 Å². The van der Waals surface area contributed by atoms with Gasteiger partial charge in [-0.3, -0.25) is 4.79 Å². The zero-order chi connectivity index (χ0) is 26.2. The van der Waals surface area contributed by atoms with Crippen LogP contribution >= 0.6 is 11.3 Å². The van der Waals surface area contributed by atoms with Gasteiger partial charge in [0.25, 0.3) is 5.91 Å². The van der Waals surface area contributed by atoms with Crippen molar-refractivity contribution >= 4 is 38.5 Å². The van der Waals surface area contributed by atoms with E-state index in [1.807, 2.05) is 20.8 Å². The highest BCUT2D eigenvalue weighted by Gasteiger charge is 2.29. The second-order valence-electron chi connectivity index (χ2n) is 8.65. The third kappa shape index (κ3) is 4.81. The summed E-state index contributed by atoms with van der Waals surface area (Å²) in [5.74, 6) is -0.210. The molecule has 1 atom stereocenters. The Labute approximate surface area is 211 Å². The van der Waals surface area contributed by atoms with Gasteiger partial charge in [0.15, 0.2) is 15.5 Å². The van der Waals surface area contributed by atoms with Gasteiger partial charge in [-0.15, -0.1) is 21.5 Å². The second-order valence-corrected chi connectivity index (χ2v) is 11.7. The fraction of sp³-hybridized carbons (Fsp3) is 0.429. The summed E-state index contributed by atoms with van der Waals surface area (Å²) < 4.78 is 26.7. The molecule has 0 saturated carbocycles. The number of sulfone groups is 1. The van der Waals surface area contributed by atoms with Gasteiger partial charge in [-0.2, -0.15) is 9.61 Å². The molecule has 0 aliphatic carbocycles. The fourth-order valence-electron chi connectivity index (χ4n) is 4.16. The van der Waals surface area contributed by atoms with Gasteiger partial charge in [0.1, 0.15) is 22.0 Å². The number of hydrogen-bond acceptors (Lipinski definition) is 11. The minimum absolute atomic E-state index is 0.0400. The molecule has 1 amide bonds. The van der Waals surface area contributed by atoms with Crippen LogP contribution in [-0.4, -0.2) is 77.4 Å². The molecule has 0 aromatic carbocycles. The number of aryl methyl sites for hydroxylation is 1. The molecule has 13 nitrogen and oxygen atoms in total. The third-order valence-electron chi connectivity index (χ3n) is 5.72. The molecule has 4 N–H and O–H groups in total. The largest absolute Gasteiger partial charge is 0.389 e. The average Bonchev–Trinajstić information content (AvgIpc) is 3.56. The van der Waals surface area contributed by atoms with E-state index < -0.39 is 9.84 Å². The Balaban J connectivity index is 1.72. The number of nitrogens with zero attached hydrogens (tertiary/aromatic N) is 7. The zero-order valence-electron chi connectivity index (χ0n) is 20.2. The molecule has 0 fully saturated rings. The maximum absolute atomic E-state index is 13.0. The highest BCUT2D eigenvalue weighted by Crippen LogP contribution is 2.33. The van der Waals surface area contributed by atoms with Crippen molar-refractivity contribution in [3.63, 3.8) is 0 Å². The van der Waals surface area contributed by atoms with Crippen LogP contribution in [0.15, 0.2) is 23.6 Å². The monoisotopic (exact) mass is 533 g/mol. The summed E-state index contributed by atoms with van der Waals surface area (Å²) in [7, 11) is -3.74. The van der Waals surface area contributed by atoms with Crippen molar-refractivity contribution in [2.45, 2.75) is 57.2 Å². The number of H-pyrrole nitrogens is 1. The van der Waals surface area contributed by atoms with Crippen molar-refractivity contribution in [1.29, 1.82) is 0 Å². The summed E-state index contributed by atoms with van der Waals surface area (Å²) >= 11 is 1.28. The van der Waals surface area contributed by atoms with Crippen LogP contribution in [0.2, 0.25) is 0 Å². The van der Waals surface area contributed by atoms with Crippen molar-refractivity contribution in [3.8, 4) is 10.4 Å². The van der Waals surface area contributed by atoms with Crippen molar-refractivity contribution < 1.29 is 18.3 Å². The standard InChI is InChI=1S/C21H27N9O4S2/c1-11(2)29(21(32)19-24-10-25-28-19)12(3)5-6-14-17(36(4,33)34)18(22)30-20(27-14)13(7-26-30)15-8-23-16(9-31)35-15/h7-8,10-12,31H,5-6,9,22H2,1-4H3,(H,24,25,28)/t12-/m1/s1. The number of carbonyl (C=O) groups excluding carboxylic acids is 1. The third-order valence-corrected chi connectivity index (χ3v) is 7.92. The molecule has 36 heavy (non-hydrogen) atoms. The summed E-state index contributed by atoms with van der Waals surface area (Å²) in [5.41, 5.74) is 7.60. The van der Waals surface area contributed by atoms with Crippen molar-refractivity contribution in [2.75, 3.05) is 12.0 Å². The zero-order valence-corrected chi connectivity index (χ0v) is 21.8. The van der Waals surface area contributed by atoms with Gasteiger partial charge in [-0.25, -0.2) is 18.4 Å². The maximum Gasteiger partial charge on any atom is 0.292 e. The molecule has 0 unspecified atom stereocenters. The first kappa shape index (κ1) is 25.7. The van der Waals surface area contributed by atoms with Crippen LogP contribution in [0.5, 0.6) is 0 Å². The molecular formula is C21H27N9O4S2. The second kappa shape index (κ2) is 9.91. The number of amides is 1. The Morgan fingerprint density at radius 2 is 2.06 bits per heavy atom. The molecule has 4 heterocycles. The number of hydrogen-bond donors (Lipinski definition) is 3. The Bertz CT molecular complexity index is 1490. The molecule has 0 aliphatic heterocycles. The number of aliphatic hydroxyl groups is 1. The molecule has 15 heteroatoms. The number of nitrogens with one attached hydrogen (secondary N) is 1. The first-order valence-electron chi connectivity index (χ1n) is 11.1. The van der Waals surface area contributed by atoms with E-state index in [4.69, 9.17) is 5.73 Å². The smallest absolute Gasteiger partial charge is 0.292 e. The Morgan fingerprint density at radius 1 is 1.31 bits per heavy atom. The maximum atomic E-state index is 13.0. The van der Waals surface area contributed by atoms with E-state index in [1.165, 1.54) is 22.2 Å². The van der Waals surface area contributed by atoms with E-state index in [2.05, 4.69) is 30.2 Å². The number of nitrogens with two attached hydrogens (primary N) is 1. The Hall–Kier alpha value is -3.43. The highest BCUT2D eigenvalue weighted by molar-refractivity contribution is 7.91. The lowest BCUT2D eigenvalue weighted by atomic mass is 10.1. The lowest BCUT2D eigenvalue weighted by Gasteiger charge is -2.32. The average molecular weight is 534 g/mol. The number of rotatable bonds is 9. The number of carbonyl (C=O) groups is 1. The fourth-order valence-corrected chi connectivity index (χ4v) is 5.99. The number of fused-ring (bicyclic) bond motifs is 1. The molecule has 0 aliphatic rings. The highest BCUT2D eigenvalue weighted by atomic mass is 32.2. The van der Waals surface area contributed by atoms with Crippen LogP contribution in [-0.2, 0) is 22.9 Å². The predicted molar refractivity (Wildman–Crippen MR) is 133 cm³/mol. The first-order chi connectivity index (χ1) is 17.0. The summed E-state index contributed by atoms with van der Waals surface area (Å²) in [6.45, 7) is 5.47. The normalized spacial score (nSPS) is 12.9. The number of anilines is 1. The number of aromatic amines is 1. The van der Waals surface area contributed by atoms with Gasteiger partial charge in [0.05, 0.1) is 28.9 Å². The predicted octanol–water partition coefficient (Wildman–Crippen LogP) is 1.32. The number of thiazole rings is 1. The lowest BCUT2D eigenvalue weighted by molar-refractivity contribution is 0.0604. The minimum atomic E-state index is -3.74. The quantitative estimate of drug-likeness (QED) is 0.283. The van der Waals surface area contributed by atoms with Crippen LogP contribution in [0.25, 0.3) is 16.1 Å². The van der Waals surface area contributed by atoms with Crippen LogP contribution in [0, 0.1) is 0 Å². The lowest BCUT2D eigenvalue weighted by Crippen LogP contribution is -2.44. The molecule has 4 aromatic rings. The molecular weight excluding hydrogens is 506 g/mol. The van der Waals surface area contributed by atoms with E-state index >= 15 is 0 Å². The van der Waals surface area contributed by atoms with Gasteiger partial charge in [0.2, 0.25) is 5.82 Å². The van der Waals surface area contributed by atoms with E-state index in [0.29, 0.717) is 28.3 Å². The Kier molecular flexibility index (Phi) is 7.06. The van der Waals surface area contributed by atoms with Crippen molar-refractivity contribution in [1.82, 2.24) is 39.7 Å². The van der Waals surface area contributed by atoms with Gasteiger partial charge >= 0.3 is 0 Å². The molecule has 192 valence electrons.